The van der Waals surface area contributed by atoms with Crippen molar-refractivity contribution >= 4 is 27.3 Å². The highest BCUT2D eigenvalue weighted by Gasteiger charge is 2.16. The van der Waals surface area contributed by atoms with Gasteiger partial charge in [-0.25, -0.2) is 19.9 Å². The lowest BCUT2D eigenvalue weighted by atomic mass is 9.98. The fraction of sp³-hybridized carbons (Fsp3) is 0. The second kappa shape index (κ2) is 12.8. The van der Waals surface area contributed by atoms with Crippen LogP contribution in [-0.4, -0.2) is 24.3 Å². The molecule has 0 saturated heterocycles. The van der Waals surface area contributed by atoms with E-state index >= 15 is 0 Å². The van der Waals surface area contributed by atoms with Gasteiger partial charge in [-0.05, 0) is 29.3 Å². The van der Waals surface area contributed by atoms with Crippen LogP contribution in [0.5, 0.6) is 0 Å². The molecule has 5 nitrogen and oxygen atoms in total. The first-order chi connectivity index (χ1) is 26.2. The molecule has 0 amide bonds. The summed E-state index contributed by atoms with van der Waals surface area (Å²) in [6.45, 7) is 0. The molecule has 0 unspecified atom stereocenters. The molecule has 10 aromatic rings. The molecule has 0 aliphatic heterocycles. The summed E-state index contributed by atoms with van der Waals surface area (Å²) in [7, 11) is 0. The van der Waals surface area contributed by atoms with Gasteiger partial charge in [0, 0.05) is 56.4 Å². The van der Waals surface area contributed by atoms with Crippen LogP contribution in [0, 0.1) is 0 Å². The Balaban J connectivity index is 1.01. The van der Waals surface area contributed by atoms with Crippen LogP contribution in [0.1, 0.15) is 0 Å². The summed E-state index contributed by atoms with van der Waals surface area (Å²) in [5.74, 6) is 0.698. The molecule has 4 heterocycles. The highest BCUT2D eigenvalue weighted by molar-refractivity contribution is 6.16. The van der Waals surface area contributed by atoms with Gasteiger partial charge in [0.25, 0.3) is 0 Å². The van der Waals surface area contributed by atoms with E-state index in [1.807, 2.05) is 60.7 Å². The van der Waals surface area contributed by atoms with Crippen molar-refractivity contribution in [1.82, 2.24) is 24.3 Å². The van der Waals surface area contributed by atoms with Crippen LogP contribution in [0.4, 0.5) is 0 Å². The number of fused-ring (bicyclic) bond motifs is 5. The molecule has 4 aromatic heterocycles. The zero-order valence-corrected chi connectivity index (χ0v) is 28.6. The van der Waals surface area contributed by atoms with Gasteiger partial charge < -0.3 is 4.40 Å². The third-order valence-corrected chi connectivity index (χ3v) is 9.86. The van der Waals surface area contributed by atoms with Gasteiger partial charge in [-0.3, -0.25) is 0 Å². The third kappa shape index (κ3) is 5.61. The average Bonchev–Trinajstić information content (AvgIpc) is 3.69. The van der Waals surface area contributed by atoms with E-state index in [4.69, 9.17) is 19.9 Å². The van der Waals surface area contributed by atoms with Crippen molar-refractivity contribution in [2.24, 2.45) is 0 Å². The number of para-hydroxylation sites is 1. The standard InChI is InChI=1S/C48H31N5/c1-4-12-34(13-5-1)42-30-43(35-14-6-2-7-15-35)51-47(50-42)38-26-22-33(23-27-38)32-20-24-37(25-21-32)46-40-28-29-53-31-44(36-16-8-3-9-17-36)52-48(53)45(40)39-18-10-11-19-41(39)49-46/h1-31H. The van der Waals surface area contributed by atoms with Crippen LogP contribution in [0.2, 0.25) is 0 Å². The SMILES string of the molecule is c1ccc(-c2cc(-c3ccccc3)nc(-c3ccc(-c4ccc(-c5nc6ccccc6c6c5ccn5cc(-c7ccccc7)nc65)cc4)cc3)n2)cc1. The van der Waals surface area contributed by atoms with E-state index in [-0.39, 0.29) is 0 Å². The minimum absolute atomic E-state index is 0.698. The van der Waals surface area contributed by atoms with Crippen LogP contribution in [0.25, 0.3) is 94.9 Å². The summed E-state index contributed by atoms with van der Waals surface area (Å²) in [5, 5.41) is 3.27. The highest BCUT2D eigenvalue weighted by Crippen LogP contribution is 2.37. The molecule has 0 spiro atoms. The molecule has 0 bridgehead atoms. The number of imidazole rings is 1. The van der Waals surface area contributed by atoms with E-state index < -0.39 is 0 Å². The summed E-state index contributed by atoms with van der Waals surface area (Å²) < 4.78 is 2.12. The second-order valence-electron chi connectivity index (χ2n) is 13.2. The zero-order valence-electron chi connectivity index (χ0n) is 28.6. The molecular weight excluding hydrogens is 647 g/mol. The summed E-state index contributed by atoms with van der Waals surface area (Å²) in [5.41, 5.74) is 13.0. The van der Waals surface area contributed by atoms with Crippen molar-refractivity contribution < 1.29 is 0 Å². The maximum absolute atomic E-state index is 5.20. The van der Waals surface area contributed by atoms with Crippen molar-refractivity contribution in [3.63, 3.8) is 0 Å². The fourth-order valence-corrected chi connectivity index (χ4v) is 7.17. The lowest BCUT2D eigenvalue weighted by Crippen LogP contribution is -1.96. The van der Waals surface area contributed by atoms with E-state index in [1.54, 1.807) is 0 Å². The van der Waals surface area contributed by atoms with E-state index in [2.05, 4.69) is 132 Å². The Kier molecular flexibility index (Phi) is 7.40. The van der Waals surface area contributed by atoms with Gasteiger partial charge in [0.15, 0.2) is 5.82 Å². The van der Waals surface area contributed by atoms with Crippen molar-refractivity contribution in [2.75, 3.05) is 0 Å². The Morgan fingerprint density at radius 2 is 0.868 bits per heavy atom. The first-order valence-electron chi connectivity index (χ1n) is 17.7. The molecule has 0 saturated carbocycles. The quantitative estimate of drug-likeness (QED) is 0.164. The van der Waals surface area contributed by atoms with Crippen molar-refractivity contribution in [3.8, 4) is 67.5 Å². The van der Waals surface area contributed by atoms with E-state index in [0.29, 0.717) is 5.82 Å². The molecule has 5 heteroatoms. The molecule has 0 fully saturated rings. The normalized spacial score (nSPS) is 11.4. The van der Waals surface area contributed by atoms with Crippen LogP contribution in [0.3, 0.4) is 0 Å². The van der Waals surface area contributed by atoms with Gasteiger partial charge in [-0.2, -0.15) is 0 Å². The third-order valence-electron chi connectivity index (χ3n) is 9.86. The Morgan fingerprint density at radius 1 is 0.358 bits per heavy atom. The number of hydrogen-bond acceptors (Lipinski definition) is 4. The Hall–Kier alpha value is -7.24. The lowest BCUT2D eigenvalue weighted by molar-refractivity contribution is 1.18. The Labute approximate surface area is 306 Å². The van der Waals surface area contributed by atoms with Crippen LogP contribution >= 0.6 is 0 Å². The first kappa shape index (κ1) is 30.6. The van der Waals surface area contributed by atoms with Crippen molar-refractivity contribution in [1.29, 1.82) is 0 Å². The number of aromatic nitrogens is 5. The molecule has 6 aromatic carbocycles. The fourth-order valence-electron chi connectivity index (χ4n) is 7.17. The minimum Gasteiger partial charge on any atom is -0.306 e. The number of rotatable bonds is 6. The summed E-state index contributed by atoms with van der Waals surface area (Å²) >= 11 is 0. The maximum atomic E-state index is 5.20. The van der Waals surface area contributed by atoms with Crippen molar-refractivity contribution in [3.05, 3.63) is 188 Å². The molecule has 0 N–H and O–H groups in total. The molecule has 0 radical (unpaired) electrons. The number of benzene rings is 6. The minimum atomic E-state index is 0.698. The molecule has 0 aliphatic rings. The lowest BCUT2D eigenvalue weighted by Gasteiger charge is -2.12. The van der Waals surface area contributed by atoms with Crippen LogP contribution < -0.4 is 0 Å². The number of hydrogen-bond donors (Lipinski definition) is 0. The first-order valence-corrected chi connectivity index (χ1v) is 17.7. The summed E-state index contributed by atoms with van der Waals surface area (Å²) in [4.78, 5) is 20.4. The predicted molar refractivity (Wildman–Crippen MR) is 216 cm³/mol. The zero-order chi connectivity index (χ0) is 35.1. The number of nitrogens with zero attached hydrogens (tertiary/aromatic N) is 5. The summed E-state index contributed by atoms with van der Waals surface area (Å²) in [6.07, 6.45) is 4.20. The molecule has 53 heavy (non-hydrogen) atoms. The second-order valence-corrected chi connectivity index (χ2v) is 13.2. The molecule has 0 aliphatic carbocycles. The highest BCUT2D eigenvalue weighted by atomic mass is 15.0. The monoisotopic (exact) mass is 677 g/mol. The van der Waals surface area contributed by atoms with Crippen LogP contribution in [0.15, 0.2) is 188 Å². The van der Waals surface area contributed by atoms with E-state index in [0.717, 1.165) is 89.0 Å². The van der Waals surface area contributed by atoms with Gasteiger partial charge in [0.05, 0.1) is 28.3 Å². The smallest absolute Gasteiger partial charge is 0.160 e. The largest absolute Gasteiger partial charge is 0.306 e. The molecule has 0 atom stereocenters. The van der Waals surface area contributed by atoms with Gasteiger partial charge in [0.1, 0.15) is 5.65 Å². The van der Waals surface area contributed by atoms with Gasteiger partial charge in [-0.15, -0.1) is 0 Å². The topological polar surface area (TPSA) is 56.0 Å². The van der Waals surface area contributed by atoms with Gasteiger partial charge in [-0.1, -0.05) is 158 Å². The van der Waals surface area contributed by atoms with E-state index in [9.17, 15) is 0 Å². The van der Waals surface area contributed by atoms with Crippen molar-refractivity contribution in [2.45, 2.75) is 0 Å². The number of pyridine rings is 2. The van der Waals surface area contributed by atoms with Crippen LogP contribution in [-0.2, 0) is 0 Å². The maximum Gasteiger partial charge on any atom is 0.160 e. The summed E-state index contributed by atoms with van der Waals surface area (Å²) in [6, 6.07) is 60.7. The van der Waals surface area contributed by atoms with Gasteiger partial charge >= 0.3 is 0 Å². The predicted octanol–water partition coefficient (Wildman–Crippen LogP) is 11.8. The Morgan fingerprint density at radius 3 is 1.47 bits per heavy atom. The molecule has 10 rings (SSSR count). The van der Waals surface area contributed by atoms with Gasteiger partial charge in [0.2, 0.25) is 0 Å². The molecule has 248 valence electrons. The van der Waals surface area contributed by atoms with E-state index in [1.165, 1.54) is 0 Å². The average molecular weight is 678 g/mol. The Bertz CT molecular complexity index is 2840. The molecular formula is C48H31N5.